The predicted molar refractivity (Wildman–Crippen MR) is 46.0 cm³/mol. The van der Waals surface area contributed by atoms with E-state index in [0.29, 0.717) is 0 Å². The highest BCUT2D eigenvalue weighted by Gasteiger charge is 2.60. The third kappa shape index (κ3) is 3.46. The summed E-state index contributed by atoms with van der Waals surface area (Å²) in [5.74, 6) is -7.95. The van der Waals surface area contributed by atoms with Gasteiger partial charge in [-0.15, -0.1) is 0 Å². The Bertz CT molecular complexity index is 274. The summed E-state index contributed by atoms with van der Waals surface area (Å²) in [6, 6.07) is 0. The van der Waals surface area contributed by atoms with Gasteiger partial charge < -0.3 is 5.73 Å². The van der Waals surface area contributed by atoms with Crippen molar-refractivity contribution in [3.05, 3.63) is 0 Å². The summed E-state index contributed by atoms with van der Waals surface area (Å²) in [7, 11) is 0. The summed E-state index contributed by atoms with van der Waals surface area (Å²) in [5, 5.41) is 0. The van der Waals surface area contributed by atoms with Crippen molar-refractivity contribution in [3.8, 4) is 0 Å². The van der Waals surface area contributed by atoms with Crippen molar-refractivity contribution in [2.24, 2.45) is 5.73 Å². The standard InChI is InChI=1S/C9H12F7N/c10-7(11)3-1-6(17,2-4-7)5-8(12,13)9(14,15)16/h1-5,17H2. The molecule has 1 aliphatic carbocycles. The van der Waals surface area contributed by atoms with Gasteiger partial charge in [0.15, 0.2) is 0 Å². The summed E-state index contributed by atoms with van der Waals surface area (Å²) in [4.78, 5) is 0. The fourth-order valence-corrected chi connectivity index (χ4v) is 1.83. The lowest BCUT2D eigenvalue weighted by Crippen LogP contribution is -2.53. The van der Waals surface area contributed by atoms with Crippen LogP contribution in [0, 0.1) is 0 Å². The predicted octanol–water partition coefficient (Wildman–Crippen LogP) is 3.48. The molecule has 0 bridgehead atoms. The molecule has 1 fully saturated rings. The van der Waals surface area contributed by atoms with Crippen molar-refractivity contribution in [2.75, 3.05) is 0 Å². The highest BCUT2D eigenvalue weighted by atomic mass is 19.4. The van der Waals surface area contributed by atoms with Crippen molar-refractivity contribution in [3.63, 3.8) is 0 Å². The second-order valence-electron chi connectivity index (χ2n) is 4.60. The van der Waals surface area contributed by atoms with Gasteiger partial charge >= 0.3 is 12.1 Å². The Labute approximate surface area is 93.2 Å². The molecule has 0 saturated heterocycles. The van der Waals surface area contributed by atoms with Crippen LogP contribution in [0.3, 0.4) is 0 Å². The topological polar surface area (TPSA) is 26.0 Å². The molecule has 102 valence electrons. The monoisotopic (exact) mass is 267 g/mol. The van der Waals surface area contributed by atoms with Crippen molar-refractivity contribution in [1.29, 1.82) is 0 Å². The van der Waals surface area contributed by atoms with Gasteiger partial charge in [-0.2, -0.15) is 22.0 Å². The smallest absolute Gasteiger partial charge is 0.325 e. The molecular weight excluding hydrogens is 255 g/mol. The van der Waals surface area contributed by atoms with Gasteiger partial charge in [-0.05, 0) is 12.8 Å². The van der Waals surface area contributed by atoms with Crippen molar-refractivity contribution in [1.82, 2.24) is 0 Å². The molecule has 1 rings (SSSR count). The van der Waals surface area contributed by atoms with E-state index in [0.717, 1.165) is 0 Å². The average Bonchev–Trinajstić information content (AvgIpc) is 2.09. The van der Waals surface area contributed by atoms with Crippen molar-refractivity contribution >= 4 is 0 Å². The van der Waals surface area contributed by atoms with Gasteiger partial charge in [0.05, 0.1) is 0 Å². The molecule has 17 heavy (non-hydrogen) atoms. The van der Waals surface area contributed by atoms with E-state index in [1.807, 2.05) is 0 Å². The maximum absolute atomic E-state index is 12.8. The van der Waals surface area contributed by atoms with Crippen LogP contribution in [-0.2, 0) is 0 Å². The Morgan fingerprint density at radius 1 is 0.882 bits per heavy atom. The summed E-state index contributed by atoms with van der Waals surface area (Å²) < 4.78 is 86.9. The van der Waals surface area contributed by atoms with Gasteiger partial charge in [0, 0.05) is 24.8 Å². The summed E-state index contributed by atoms with van der Waals surface area (Å²) in [5.41, 5.74) is 3.48. The van der Waals surface area contributed by atoms with Crippen LogP contribution in [0.25, 0.3) is 0 Å². The molecule has 1 saturated carbocycles. The highest BCUT2D eigenvalue weighted by molar-refractivity contribution is 4.97. The molecule has 8 heteroatoms. The quantitative estimate of drug-likeness (QED) is 0.761. The van der Waals surface area contributed by atoms with Crippen LogP contribution < -0.4 is 5.73 Å². The Morgan fingerprint density at radius 2 is 1.29 bits per heavy atom. The highest BCUT2D eigenvalue weighted by Crippen LogP contribution is 2.46. The molecule has 0 spiro atoms. The molecule has 0 heterocycles. The fraction of sp³-hybridized carbons (Fsp3) is 1.00. The number of hydrogen-bond donors (Lipinski definition) is 1. The first-order chi connectivity index (χ1) is 7.37. The Hall–Kier alpha value is -0.530. The van der Waals surface area contributed by atoms with Crippen LogP contribution in [0.4, 0.5) is 30.7 Å². The molecule has 1 aliphatic rings. The minimum absolute atomic E-state index is 0.536. The zero-order chi connectivity index (χ0) is 13.5. The molecule has 0 radical (unpaired) electrons. The maximum Gasteiger partial charge on any atom is 0.453 e. The van der Waals surface area contributed by atoms with E-state index < -0.39 is 55.7 Å². The number of halogens is 7. The van der Waals surface area contributed by atoms with E-state index in [2.05, 4.69) is 0 Å². The van der Waals surface area contributed by atoms with Gasteiger partial charge in [-0.3, -0.25) is 0 Å². The molecule has 0 unspecified atom stereocenters. The largest absolute Gasteiger partial charge is 0.453 e. The van der Waals surface area contributed by atoms with Gasteiger partial charge in [-0.1, -0.05) is 0 Å². The zero-order valence-electron chi connectivity index (χ0n) is 8.76. The van der Waals surface area contributed by atoms with E-state index >= 15 is 0 Å². The molecule has 0 aliphatic heterocycles. The summed E-state index contributed by atoms with van der Waals surface area (Å²) in [6.07, 6.45) is -9.91. The zero-order valence-corrected chi connectivity index (χ0v) is 8.76. The first-order valence-corrected chi connectivity index (χ1v) is 4.98. The summed E-state index contributed by atoms with van der Waals surface area (Å²) in [6.45, 7) is 0. The van der Waals surface area contributed by atoms with Crippen LogP contribution >= 0.6 is 0 Å². The number of hydrogen-bond acceptors (Lipinski definition) is 1. The third-order valence-corrected chi connectivity index (χ3v) is 2.97. The number of nitrogens with two attached hydrogens (primary N) is 1. The van der Waals surface area contributed by atoms with Crippen LogP contribution in [0.15, 0.2) is 0 Å². The Morgan fingerprint density at radius 3 is 1.65 bits per heavy atom. The van der Waals surface area contributed by atoms with Gasteiger partial charge in [0.25, 0.3) is 0 Å². The first kappa shape index (κ1) is 14.5. The minimum Gasteiger partial charge on any atom is -0.325 e. The molecule has 2 N–H and O–H groups in total. The number of alkyl halides is 7. The first-order valence-electron chi connectivity index (χ1n) is 4.98. The third-order valence-electron chi connectivity index (χ3n) is 2.97. The molecule has 1 nitrogen and oxygen atoms in total. The molecule has 0 aromatic rings. The van der Waals surface area contributed by atoms with E-state index in [1.165, 1.54) is 0 Å². The second-order valence-corrected chi connectivity index (χ2v) is 4.60. The van der Waals surface area contributed by atoms with E-state index in [4.69, 9.17) is 5.73 Å². The lowest BCUT2D eigenvalue weighted by atomic mass is 9.77. The summed E-state index contributed by atoms with van der Waals surface area (Å²) >= 11 is 0. The molecular formula is C9H12F7N. The molecule has 0 aromatic carbocycles. The fourth-order valence-electron chi connectivity index (χ4n) is 1.83. The molecule has 0 amide bonds. The van der Waals surface area contributed by atoms with Gasteiger partial charge in [-0.25, -0.2) is 8.78 Å². The van der Waals surface area contributed by atoms with Crippen LogP contribution in [0.5, 0.6) is 0 Å². The van der Waals surface area contributed by atoms with Crippen LogP contribution in [0.2, 0.25) is 0 Å². The SMILES string of the molecule is NC1(CC(F)(F)C(F)(F)F)CCC(F)(F)CC1. The Kier molecular flexibility index (Phi) is 3.42. The van der Waals surface area contributed by atoms with Crippen molar-refractivity contribution < 1.29 is 30.7 Å². The van der Waals surface area contributed by atoms with E-state index in [-0.39, 0.29) is 0 Å². The number of rotatable bonds is 2. The van der Waals surface area contributed by atoms with Crippen LogP contribution in [-0.4, -0.2) is 23.6 Å². The maximum atomic E-state index is 12.8. The lowest BCUT2D eigenvalue weighted by molar-refractivity contribution is -0.290. The van der Waals surface area contributed by atoms with E-state index in [1.54, 1.807) is 0 Å². The lowest BCUT2D eigenvalue weighted by Gasteiger charge is -2.39. The second kappa shape index (κ2) is 4.00. The van der Waals surface area contributed by atoms with Crippen LogP contribution in [0.1, 0.15) is 32.1 Å². The van der Waals surface area contributed by atoms with Gasteiger partial charge in [0.2, 0.25) is 5.92 Å². The minimum atomic E-state index is -5.70. The van der Waals surface area contributed by atoms with Crippen molar-refractivity contribution in [2.45, 2.75) is 55.7 Å². The normalized spacial score (nSPS) is 24.7. The van der Waals surface area contributed by atoms with E-state index in [9.17, 15) is 30.7 Å². The molecule has 0 aromatic heterocycles. The average molecular weight is 267 g/mol. The van der Waals surface area contributed by atoms with Gasteiger partial charge in [0.1, 0.15) is 0 Å². The molecule has 0 atom stereocenters. The Balaban J connectivity index is 2.69.